The molecule has 1 atom stereocenters. The smallest absolute Gasteiger partial charge is 0.253 e. The molecule has 0 radical (unpaired) electrons. The van der Waals surface area contributed by atoms with Crippen LogP contribution in [0.3, 0.4) is 0 Å². The SMILES string of the molecule is CCOc1ccc(C(C)NC(=O)c2cncc(Br)c2)cc1OCC. The molecule has 0 bridgehead atoms. The predicted molar refractivity (Wildman–Crippen MR) is 96.6 cm³/mol. The van der Waals surface area contributed by atoms with Crippen molar-refractivity contribution >= 4 is 21.8 Å². The molecule has 0 aliphatic carbocycles. The van der Waals surface area contributed by atoms with Gasteiger partial charge in [0.25, 0.3) is 5.91 Å². The van der Waals surface area contributed by atoms with Crippen LogP contribution in [0.15, 0.2) is 41.1 Å². The Morgan fingerprint density at radius 1 is 1.17 bits per heavy atom. The summed E-state index contributed by atoms with van der Waals surface area (Å²) < 4.78 is 12.0. The highest BCUT2D eigenvalue weighted by Gasteiger charge is 2.14. The topological polar surface area (TPSA) is 60.5 Å². The number of aromatic nitrogens is 1. The summed E-state index contributed by atoms with van der Waals surface area (Å²) in [6, 6.07) is 7.26. The van der Waals surface area contributed by atoms with Crippen LogP contribution in [0.1, 0.15) is 42.7 Å². The zero-order chi connectivity index (χ0) is 17.5. The number of carbonyl (C=O) groups is 1. The van der Waals surface area contributed by atoms with Crippen LogP contribution in [0.2, 0.25) is 0 Å². The van der Waals surface area contributed by atoms with E-state index in [0.29, 0.717) is 30.3 Å². The van der Waals surface area contributed by atoms with E-state index in [1.807, 2.05) is 39.0 Å². The minimum absolute atomic E-state index is 0.175. The Bertz CT molecular complexity index is 706. The lowest BCUT2D eigenvalue weighted by Crippen LogP contribution is -2.26. The van der Waals surface area contributed by atoms with Crippen molar-refractivity contribution in [2.75, 3.05) is 13.2 Å². The van der Waals surface area contributed by atoms with Crippen molar-refractivity contribution in [2.45, 2.75) is 26.8 Å². The van der Waals surface area contributed by atoms with E-state index in [1.54, 1.807) is 12.3 Å². The Morgan fingerprint density at radius 3 is 2.54 bits per heavy atom. The summed E-state index contributed by atoms with van der Waals surface area (Å²) in [5.41, 5.74) is 1.45. The molecule has 1 aromatic heterocycles. The summed E-state index contributed by atoms with van der Waals surface area (Å²) in [7, 11) is 0. The summed E-state index contributed by atoms with van der Waals surface area (Å²) in [5, 5.41) is 2.96. The van der Waals surface area contributed by atoms with Crippen LogP contribution in [-0.4, -0.2) is 24.1 Å². The van der Waals surface area contributed by atoms with Gasteiger partial charge in [-0.3, -0.25) is 9.78 Å². The Kier molecular flexibility index (Phi) is 6.61. The number of nitrogens with zero attached hydrogens (tertiary/aromatic N) is 1. The standard InChI is InChI=1S/C18H21BrN2O3/c1-4-23-16-7-6-13(9-17(16)24-5-2)12(3)21-18(22)14-8-15(19)11-20-10-14/h6-12H,4-5H2,1-3H3,(H,21,22). The summed E-state index contributed by atoms with van der Waals surface area (Å²) >= 11 is 3.32. The Hall–Kier alpha value is -2.08. The summed E-state index contributed by atoms with van der Waals surface area (Å²) in [4.78, 5) is 16.3. The molecule has 0 aliphatic rings. The highest BCUT2D eigenvalue weighted by Crippen LogP contribution is 2.30. The second-order valence-corrected chi connectivity index (χ2v) is 6.07. The van der Waals surface area contributed by atoms with E-state index in [4.69, 9.17) is 9.47 Å². The number of ether oxygens (including phenoxy) is 2. The van der Waals surface area contributed by atoms with E-state index >= 15 is 0 Å². The lowest BCUT2D eigenvalue weighted by Gasteiger charge is -2.17. The quantitative estimate of drug-likeness (QED) is 0.769. The van der Waals surface area contributed by atoms with Gasteiger partial charge in [0.15, 0.2) is 11.5 Å². The van der Waals surface area contributed by atoms with Gasteiger partial charge in [-0.1, -0.05) is 6.07 Å². The third-order valence-electron chi connectivity index (χ3n) is 3.38. The van der Waals surface area contributed by atoms with Crippen LogP contribution in [0.5, 0.6) is 11.5 Å². The van der Waals surface area contributed by atoms with E-state index in [-0.39, 0.29) is 11.9 Å². The van der Waals surface area contributed by atoms with Crippen molar-refractivity contribution in [3.63, 3.8) is 0 Å². The molecule has 0 fully saturated rings. The molecule has 24 heavy (non-hydrogen) atoms. The third kappa shape index (κ3) is 4.71. The number of pyridine rings is 1. The van der Waals surface area contributed by atoms with E-state index in [1.165, 1.54) is 6.20 Å². The van der Waals surface area contributed by atoms with Gasteiger partial charge in [0.05, 0.1) is 24.8 Å². The zero-order valence-corrected chi connectivity index (χ0v) is 15.6. The van der Waals surface area contributed by atoms with Crippen molar-refractivity contribution in [3.8, 4) is 11.5 Å². The van der Waals surface area contributed by atoms with E-state index in [0.717, 1.165) is 10.0 Å². The number of halogens is 1. The van der Waals surface area contributed by atoms with Gasteiger partial charge in [-0.2, -0.15) is 0 Å². The number of nitrogens with one attached hydrogen (secondary N) is 1. The van der Waals surface area contributed by atoms with Crippen molar-refractivity contribution < 1.29 is 14.3 Å². The molecule has 2 rings (SSSR count). The molecule has 0 saturated carbocycles. The summed E-state index contributed by atoms with van der Waals surface area (Å²) in [5.74, 6) is 1.21. The molecule has 0 aliphatic heterocycles. The molecule has 5 nitrogen and oxygen atoms in total. The number of hydrogen-bond donors (Lipinski definition) is 1. The molecule has 128 valence electrons. The first-order valence-electron chi connectivity index (χ1n) is 7.86. The predicted octanol–water partition coefficient (Wildman–Crippen LogP) is 4.13. The van der Waals surface area contributed by atoms with Crippen LogP contribution in [0.25, 0.3) is 0 Å². The van der Waals surface area contributed by atoms with Gasteiger partial charge in [-0.05, 0) is 60.5 Å². The van der Waals surface area contributed by atoms with Crippen LogP contribution in [0.4, 0.5) is 0 Å². The monoisotopic (exact) mass is 392 g/mol. The Balaban J connectivity index is 2.15. The van der Waals surface area contributed by atoms with Gasteiger partial charge in [-0.25, -0.2) is 0 Å². The van der Waals surface area contributed by atoms with Crippen LogP contribution >= 0.6 is 15.9 Å². The normalized spacial score (nSPS) is 11.7. The lowest BCUT2D eigenvalue weighted by molar-refractivity contribution is 0.0939. The number of hydrogen-bond acceptors (Lipinski definition) is 4. The minimum Gasteiger partial charge on any atom is -0.490 e. The second-order valence-electron chi connectivity index (χ2n) is 5.16. The van der Waals surface area contributed by atoms with Crippen molar-refractivity contribution in [1.29, 1.82) is 0 Å². The van der Waals surface area contributed by atoms with Gasteiger partial charge in [-0.15, -0.1) is 0 Å². The zero-order valence-electron chi connectivity index (χ0n) is 14.0. The Morgan fingerprint density at radius 2 is 1.88 bits per heavy atom. The molecule has 1 amide bonds. The van der Waals surface area contributed by atoms with Crippen LogP contribution in [-0.2, 0) is 0 Å². The molecule has 0 spiro atoms. The van der Waals surface area contributed by atoms with Gasteiger partial charge in [0.1, 0.15) is 0 Å². The van der Waals surface area contributed by atoms with Gasteiger partial charge in [0.2, 0.25) is 0 Å². The maximum absolute atomic E-state index is 12.3. The molecule has 0 saturated heterocycles. The van der Waals surface area contributed by atoms with Crippen LogP contribution in [0, 0.1) is 0 Å². The number of rotatable bonds is 7. The fourth-order valence-corrected chi connectivity index (χ4v) is 2.60. The first-order valence-corrected chi connectivity index (χ1v) is 8.65. The van der Waals surface area contributed by atoms with Gasteiger partial charge >= 0.3 is 0 Å². The van der Waals surface area contributed by atoms with E-state index in [9.17, 15) is 4.79 Å². The molecule has 1 N–H and O–H groups in total. The molecule has 1 heterocycles. The van der Waals surface area contributed by atoms with Crippen molar-refractivity contribution in [2.24, 2.45) is 0 Å². The fraction of sp³-hybridized carbons (Fsp3) is 0.333. The molecule has 1 unspecified atom stereocenters. The van der Waals surface area contributed by atoms with E-state index < -0.39 is 0 Å². The molecule has 1 aromatic carbocycles. The first kappa shape index (κ1) is 18.3. The van der Waals surface area contributed by atoms with Crippen LogP contribution < -0.4 is 14.8 Å². The maximum atomic E-state index is 12.3. The van der Waals surface area contributed by atoms with Gasteiger partial charge < -0.3 is 14.8 Å². The number of amides is 1. The number of carbonyl (C=O) groups excluding carboxylic acids is 1. The molecule has 2 aromatic rings. The highest BCUT2D eigenvalue weighted by molar-refractivity contribution is 9.10. The summed E-state index contributed by atoms with van der Waals surface area (Å²) in [6.07, 6.45) is 3.18. The molecule has 6 heteroatoms. The largest absolute Gasteiger partial charge is 0.490 e. The minimum atomic E-state index is -0.178. The maximum Gasteiger partial charge on any atom is 0.253 e. The Labute approximate surface area is 150 Å². The van der Waals surface area contributed by atoms with E-state index in [2.05, 4.69) is 26.2 Å². The molecular weight excluding hydrogens is 372 g/mol. The second kappa shape index (κ2) is 8.68. The molecular formula is C18H21BrN2O3. The highest BCUT2D eigenvalue weighted by atomic mass is 79.9. The average molecular weight is 393 g/mol. The first-order chi connectivity index (χ1) is 11.5. The third-order valence-corrected chi connectivity index (χ3v) is 3.82. The summed E-state index contributed by atoms with van der Waals surface area (Å²) in [6.45, 7) is 6.90. The van der Waals surface area contributed by atoms with Crippen molar-refractivity contribution in [1.82, 2.24) is 10.3 Å². The number of benzene rings is 1. The fourth-order valence-electron chi connectivity index (χ4n) is 2.24. The average Bonchev–Trinajstić information content (AvgIpc) is 2.56. The van der Waals surface area contributed by atoms with Gasteiger partial charge in [0, 0.05) is 16.9 Å². The lowest BCUT2D eigenvalue weighted by atomic mass is 10.1. The van der Waals surface area contributed by atoms with Crippen molar-refractivity contribution in [3.05, 3.63) is 52.3 Å².